The lowest BCUT2D eigenvalue weighted by atomic mass is 9.87. The number of carbonyl (C=O) groups is 1. The molecule has 0 radical (unpaired) electrons. The van der Waals surface area contributed by atoms with Gasteiger partial charge in [-0.05, 0) is 93.0 Å². The first-order chi connectivity index (χ1) is 21.1. The zero-order chi connectivity index (χ0) is 31.3. The molecule has 2 heterocycles. The molecule has 0 aliphatic carbocycles. The standard InChI is InChI=1S/C35H39F2N3O4/c1-5-26(23-11-7-6-8-12-23)32(24-14-17-30-28(21-24)33(37)39-40(30)31-13-9-10-19-43-31)27-16-15-25(22-29(27)36)42-20-18-38-34(41)44-35(2,3)4/h6-8,11-12,14-17,21-22,31H,5,9-10,13,18-20H2,1-4H3,(H,38,41)/b32-26-. The van der Waals surface area contributed by atoms with Crippen molar-refractivity contribution in [3.8, 4) is 5.75 Å². The van der Waals surface area contributed by atoms with Crippen LogP contribution in [0, 0.1) is 11.8 Å². The highest BCUT2D eigenvalue weighted by Crippen LogP contribution is 2.38. The van der Waals surface area contributed by atoms with Crippen LogP contribution in [0.5, 0.6) is 5.75 Å². The molecule has 0 bridgehead atoms. The number of aromatic nitrogens is 2. The summed E-state index contributed by atoms with van der Waals surface area (Å²) in [6.07, 6.45) is 2.51. The maximum absolute atomic E-state index is 16.0. The Balaban J connectivity index is 1.48. The second-order valence-corrected chi connectivity index (χ2v) is 11.8. The van der Waals surface area contributed by atoms with Crippen LogP contribution in [0.2, 0.25) is 0 Å². The van der Waals surface area contributed by atoms with Gasteiger partial charge in [0.15, 0.2) is 6.23 Å². The summed E-state index contributed by atoms with van der Waals surface area (Å²) in [4.78, 5) is 11.9. The molecule has 1 atom stereocenters. The highest BCUT2D eigenvalue weighted by molar-refractivity contribution is 6.00. The molecule has 232 valence electrons. The Kier molecular flexibility index (Phi) is 9.64. The molecule has 1 aliphatic heterocycles. The zero-order valence-corrected chi connectivity index (χ0v) is 25.7. The van der Waals surface area contributed by atoms with Crippen molar-refractivity contribution in [1.82, 2.24) is 15.1 Å². The SMILES string of the molecule is CC/C(=C(\c1ccc2c(c1)c(F)nn2C1CCCCO1)c1ccc(OCCNC(=O)OC(C)(C)C)cc1F)c1ccccc1. The summed E-state index contributed by atoms with van der Waals surface area (Å²) in [6.45, 7) is 8.32. The molecule has 1 N–H and O–H groups in total. The van der Waals surface area contributed by atoms with E-state index >= 15 is 8.78 Å². The molecule has 1 aromatic heterocycles. The third kappa shape index (κ3) is 7.27. The summed E-state index contributed by atoms with van der Waals surface area (Å²) >= 11 is 0. The van der Waals surface area contributed by atoms with Gasteiger partial charge >= 0.3 is 6.09 Å². The van der Waals surface area contributed by atoms with Crippen molar-refractivity contribution in [2.75, 3.05) is 19.8 Å². The number of allylic oxidation sites excluding steroid dienone is 1. The summed E-state index contributed by atoms with van der Waals surface area (Å²) < 4.78 is 49.7. The average Bonchev–Trinajstić information content (AvgIpc) is 3.34. The van der Waals surface area contributed by atoms with Crippen LogP contribution in [0.1, 0.15) is 76.3 Å². The Morgan fingerprint density at radius 3 is 2.52 bits per heavy atom. The van der Waals surface area contributed by atoms with Gasteiger partial charge in [-0.3, -0.25) is 0 Å². The van der Waals surface area contributed by atoms with Crippen LogP contribution in [-0.4, -0.2) is 41.2 Å². The Bertz CT molecular complexity index is 1640. The smallest absolute Gasteiger partial charge is 0.407 e. The summed E-state index contributed by atoms with van der Waals surface area (Å²) in [7, 11) is 0. The highest BCUT2D eigenvalue weighted by atomic mass is 19.1. The molecular formula is C35H39F2N3O4. The van der Waals surface area contributed by atoms with Gasteiger partial charge in [0.2, 0.25) is 5.95 Å². The minimum atomic E-state index is -0.604. The molecule has 0 saturated carbocycles. The van der Waals surface area contributed by atoms with E-state index in [1.54, 1.807) is 43.7 Å². The first-order valence-corrected chi connectivity index (χ1v) is 15.1. The number of nitrogens with zero attached hydrogens (tertiary/aromatic N) is 2. The summed E-state index contributed by atoms with van der Waals surface area (Å²) in [5.74, 6) is -0.742. The fourth-order valence-electron chi connectivity index (χ4n) is 5.48. The van der Waals surface area contributed by atoms with Crippen LogP contribution in [0.4, 0.5) is 13.6 Å². The minimum Gasteiger partial charge on any atom is -0.492 e. The number of nitrogens with one attached hydrogen (secondary N) is 1. The normalized spacial score (nSPS) is 16.0. The largest absolute Gasteiger partial charge is 0.492 e. The van der Waals surface area contributed by atoms with Crippen LogP contribution in [0.3, 0.4) is 0 Å². The third-order valence-electron chi connectivity index (χ3n) is 7.40. The molecule has 1 fully saturated rings. The number of halogens is 2. The Labute approximate surface area is 256 Å². The van der Waals surface area contributed by atoms with Gasteiger partial charge in [-0.15, -0.1) is 5.10 Å². The van der Waals surface area contributed by atoms with E-state index in [4.69, 9.17) is 14.2 Å². The van der Waals surface area contributed by atoms with Gasteiger partial charge in [0.1, 0.15) is 23.8 Å². The molecule has 44 heavy (non-hydrogen) atoms. The predicted octanol–water partition coefficient (Wildman–Crippen LogP) is 8.29. The number of benzene rings is 3. The predicted molar refractivity (Wildman–Crippen MR) is 167 cm³/mol. The number of carbonyl (C=O) groups excluding carboxylic acids is 1. The van der Waals surface area contributed by atoms with Crippen molar-refractivity contribution >= 4 is 28.1 Å². The number of hydrogen-bond donors (Lipinski definition) is 1. The minimum absolute atomic E-state index is 0.135. The van der Waals surface area contributed by atoms with Gasteiger partial charge in [0.25, 0.3) is 0 Å². The van der Waals surface area contributed by atoms with Crippen molar-refractivity contribution in [2.45, 2.75) is 65.2 Å². The fourth-order valence-corrected chi connectivity index (χ4v) is 5.48. The van der Waals surface area contributed by atoms with Crippen LogP contribution in [0.15, 0.2) is 66.7 Å². The molecule has 9 heteroatoms. The van der Waals surface area contributed by atoms with Crippen LogP contribution >= 0.6 is 0 Å². The molecule has 1 amide bonds. The molecule has 1 unspecified atom stereocenters. The molecule has 0 spiro atoms. The second-order valence-electron chi connectivity index (χ2n) is 11.8. The number of amides is 1. The van der Waals surface area contributed by atoms with Crippen LogP contribution < -0.4 is 10.1 Å². The first-order valence-electron chi connectivity index (χ1n) is 15.1. The van der Waals surface area contributed by atoms with Crippen molar-refractivity contribution in [1.29, 1.82) is 0 Å². The maximum atomic E-state index is 16.0. The van der Waals surface area contributed by atoms with Crippen LogP contribution in [0.25, 0.3) is 22.0 Å². The number of rotatable bonds is 9. The molecule has 1 saturated heterocycles. The van der Waals surface area contributed by atoms with E-state index in [1.165, 1.54) is 6.07 Å². The topological polar surface area (TPSA) is 74.6 Å². The van der Waals surface area contributed by atoms with E-state index < -0.39 is 23.5 Å². The van der Waals surface area contributed by atoms with Crippen molar-refractivity contribution in [3.05, 3.63) is 95.2 Å². The van der Waals surface area contributed by atoms with E-state index in [2.05, 4.69) is 10.4 Å². The van der Waals surface area contributed by atoms with Crippen molar-refractivity contribution in [2.24, 2.45) is 0 Å². The number of fused-ring (bicyclic) bond motifs is 1. The third-order valence-corrected chi connectivity index (χ3v) is 7.40. The Morgan fingerprint density at radius 1 is 1.05 bits per heavy atom. The van der Waals surface area contributed by atoms with Gasteiger partial charge in [-0.2, -0.15) is 4.39 Å². The summed E-state index contributed by atoms with van der Waals surface area (Å²) in [5.41, 5.74) is 3.61. The van der Waals surface area contributed by atoms with E-state index in [1.807, 2.05) is 49.4 Å². The number of alkyl carbamates (subject to hydrolysis) is 1. The van der Waals surface area contributed by atoms with Gasteiger partial charge in [0, 0.05) is 18.2 Å². The lowest BCUT2D eigenvalue weighted by molar-refractivity contribution is -0.0375. The van der Waals surface area contributed by atoms with Gasteiger partial charge in [0.05, 0.1) is 17.4 Å². The van der Waals surface area contributed by atoms with E-state index in [9.17, 15) is 4.79 Å². The second kappa shape index (κ2) is 13.6. The van der Waals surface area contributed by atoms with E-state index in [0.717, 1.165) is 30.4 Å². The lowest BCUT2D eigenvalue weighted by Gasteiger charge is -2.23. The monoisotopic (exact) mass is 603 g/mol. The quantitative estimate of drug-likeness (QED) is 0.154. The molecule has 1 aliphatic rings. The van der Waals surface area contributed by atoms with Gasteiger partial charge < -0.3 is 19.5 Å². The highest BCUT2D eigenvalue weighted by Gasteiger charge is 2.23. The van der Waals surface area contributed by atoms with Gasteiger partial charge in [-0.1, -0.05) is 43.3 Å². The summed E-state index contributed by atoms with van der Waals surface area (Å²) in [6, 6.07) is 20.0. The number of ether oxygens (including phenoxy) is 3. The molecule has 7 nitrogen and oxygen atoms in total. The van der Waals surface area contributed by atoms with E-state index in [-0.39, 0.29) is 19.4 Å². The Hall–Kier alpha value is -4.24. The first kappa shape index (κ1) is 31.2. The fraction of sp³-hybridized carbons (Fsp3) is 0.371. The summed E-state index contributed by atoms with van der Waals surface area (Å²) in [5, 5.41) is 7.17. The lowest BCUT2D eigenvalue weighted by Crippen LogP contribution is -2.34. The van der Waals surface area contributed by atoms with Gasteiger partial charge in [-0.25, -0.2) is 13.9 Å². The van der Waals surface area contributed by atoms with Crippen molar-refractivity contribution in [3.63, 3.8) is 0 Å². The van der Waals surface area contributed by atoms with E-state index in [0.29, 0.717) is 46.4 Å². The molecule has 4 aromatic rings. The van der Waals surface area contributed by atoms with Crippen LogP contribution in [-0.2, 0) is 9.47 Å². The zero-order valence-electron chi connectivity index (χ0n) is 25.7. The molecule has 3 aromatic carbocycles. The molecular weight excluding hydrogens is 564 g/mol. The average molecular weight is 604 g/mol. The van der Waals surface area contributed by atoms with Crippen molar-refractivity contribution < 1.29 is 27.8 Å². The Morgan fingerprint density at radius 2 is 1.84 bits per heavy atom. The molecule has 5 rings (SSSR count). The number of hydrogen-bond acceptors (Lipinski definition) is 5. The maximum Gasteiger partial charge on any atom is 0.407 e.